The second kappa shape index (κ2) is 5.65. The lowest BCUT2D eigenvalue weighted by Crippen LogP contribution is -2.01. The highest BCUT2D eigenvalue weighted by Gasteiger charge is 2.10. The summed E-state index contributed by atoms with van der Waals surface area (Å²) in [5.74, 6) is 0.0775. The average molecular weight is 395 g/mol. The Balaban J connectivity index is 2.17. The lowest BCUT2D eigenvalue weighted by Gasteiger charge is -2.01. The van der Waals surface area contributed by atoms with Gasteiger partial charge in [-0.25, -0.2) is 0 Å². The van der Waals surface area contributed by atoms with Gasteiger partial charge in [0.05, 0.1) is 8.81 Å². The second-order valence-corrected chi connectivity index (χ2v) is 7.24. The number of carbonyl (C=O) groups excluding carboxylic acids is 1. The minimum Gasteiger partial charge on any atom is -0.294 e. The minimum atomic E-state index is 0.0775. The fourth-order valence-corrected chi connectivity index (χ4v) is 3.29. The molecule has 0 atom stereocenters. The molecule has 0 aliphatic rings. The van der Waals surface area contributed by atoms with Crippen LogP contribution in [0, 0.1) is 0 Å². The Morgan fingerprint density at radius 3 is 2.59 bits per heavy atom. The van der Waals surface area contributed by atoms with E-state index in [1.165, 1.54) is 0 Å². The third kappa shape index (κ3) is 3.41. The molecule has 88 valence electrons. The molecule has 2 rings (SSSR count). The lowest BCUT2D eigenvalue weighted by molar-refractivity contribution is 0.0994. The van der Waals surface area contributed by atoms with E-state index >= 15 is 0 Å². The molecule has 1 aromatic carbocycles. The molecule has 0 N–H and O–H groups in total. The van der Waals surface area contributed by atoms with Crippen molar-refractivity contribution in [2.75, 3.05) is 0 Å². The first-order chi connectivity index (χ1) is 8.06. The first-order valence-electron chi connectivity index (χ1n) is 4.79. The topological polar surface area (TPSA) is 17.1 Å². The summed E-state index contributed by atoms with van der Waals surface area (Å²) in [6, 6.07) is 9.16. The monoisotopic (exact) mass is 392 g/mol. The predicted octanol–water partition coefficient (Wildman–Crippen LogP) is 5.35. The molecule has 1 aromatic heterocycles. The first kappa shape index (κ1) is 13.3. The van der Waals surface area contributed by atoms with Crippen LogP contribution in [0.5, 0.6) is 0 Å². The Hall–Kier alpha value is -0.160. The summed E-state index contributed by atoms with van der Waals surface area (Å²) < 4.78 is 1.84. The maximum atomic E-state index is 12.0. The molecular weight excluding hydrogens is 387 g/mol. The molecule has 2 aromatic rings. The van der Waals surface area contributed by atoms with Gasteiger partial charge in [-0.15, -0.1) is 11.3 Å². The summed E-state index contributed by atoms with van der Waals surface area (Å²) in [5.41, 5.74) is 0.641. The van der Waals surface area contributed by atoms with Crippen molar-refractivity contribution >= 4 is 60.6 Å². The maximum absolute atomic E-state index is 12.0. The van der Waals surface area contributed by atoms with Crippen molar-refractivity contribution < 1.29 is 4.79 Å². The second-order valence-electron chi connectivity index (χ2n) is 3.43. The van der Waals surface area contributed by atoms with E-state index in [-0.39, 0.29) is 5.78 Å². The van der Waals surface area contributed by atoms with Crippen LogP contribution in [0.25, 0.3) is 0 Å². The Kier molecular flexibility index (Phi) is 4.42. The van der Waals surface area contributed by atoms with Crippen molar-refractivity contribution in [3.8, 4) is 0 Å². The van der Waals surface area contributed by atoms with Crippen molar-refractivity contribution in [2.24, 2.45) is 0 Å². The normalized spacial score (nSPS) is 10.5. The number of carbonyl (C=O) groups is 1. The SMILES string of the molecule is O=C(Cc1ccc(Br)s1)c1ccc(Br)c(Cl)c1. The highest BCUT2D eigenvalue weighted by atomic mass is 79.9. The molecule has 17 heavy (non-hydrogen) atoms. The quantitative estimate of drug-likeness (QED) is 0.641. The van der Waals surface area contributed by atoms with Crippen LogP contribution in [0.2, 0.25) is 5.02 Å². The van der Waals surface area contributed by atoms with E-state index in [4.69, 9.17) is 11.6 Å². The molecule has 0 bridgehead atoms. The predicted molar refractivity (Wildman–Crippen MR) is 79.2 cm³/mol. The number of thiophene rings is 1. The van der Waals surface area contributed by atoms with Gasteiger partial charge in [0.25, 0.3) is 0 Å². The third-order valence-electron chi connectivity index (χ3n) is 2.21. The van der Waals surface area contributed by atoms with Crippen molar-refractivity contribution in [2.45, 2.75) is 6.42 Å². The van der Waals surface area contributed by atoms with E-state index < -0.39 is 0 Å². The number of hydrogen-bond acceptors (Lipinski definition) is 2. The number of rotatable bonds is 3. The first-order valence-corrected chi connectivity index (χ1v) is 7.57. The van der Waals surface area contributed by atoms with Crippen molar-refractivity contribution in [1.82, 2.24) is 0 Å². The van der Waals surface area contributed by atoms with Crippen LogP contribution >= 0.6 is 54.8 Å². The highest BCUT2D eigenvalue weighted by Crippen LogP contribution is 2.26. The molecule has 1 nitrogen and oxygen atoms in total. The van der Waals surface area contributed by atoms with Gasteiger partial charge < -0.3 is 0 Å². The molecule has 1 heterocycles. The van der Waals surface area contributed by atoms with Gasteiger partial charge in [0.2, 0.25) is 0 Å². The van der Waals surface area contributed by atoms with E-state index in [1.807, 2.05) is 12.1 Å². The molecule has 0 spiro atoms. The van der Waals surface area contributed by atoms with E-state index in [9.17, 15) is 4.79 Å². The Morgan fingerprint density at radius 2 is 2.00 bits per heavy atom. The number of halogens is 3. The standard InChI is InChI=1S/C12H7Br2ClOS/c13-9-3-1-7(5-10(9)15)11(16)6-8-2-4-12(14)17-8/h1-5H,6H2. The van der Waals surface area contributed by atoms with Gasteiger partial charge in [-0.2, -0.15) is 0 Å². The zero-order valence-electron chi connectivity index (χ0n) is 8.54. The molecule has 0 fully saturated rings. The fraction of sp³-hybridized carbons (Fsp3) is 0.0833. The van der Waals surface area contributed by atoms with Crippen LogP contribution in [-0.2, 0) is 6.42 Å². The van der Waals surface area contributed by atoms with Gasteiger partial charge in [0.1, 0.15) is 0 Å². The third-order valence-corrected chi connectivity index (χ3v) is 5.06. The summed E-state index contributed by atoms with van der Waals surface area (Å²) in [6.07, 6.45) is 0.411. The zero-order valence-corrected chi connectivity index (χ0v) is 13.3. The Labute approximate surface area is 125 Å². The molecular formula is C12H7Br2ClOS. The van der Waals surface area contributed by atoms with E-state index in [0.717, 1.165) is 13.1 Å². The summed E-state index contributed by atoms with van der Waals surface area (Å²) in [5, 5.41) is 0.559. The zero-order chi connectivity index (χ0) is 12.4. The maximum Gasteiger partial charge on any atom is 0.168 e. The molecule has 0 unspecified atom stereocenters. The molecule has 0 saturated carbocycles. The smallest absolute Gasteiger partial charge is 0.168 e. The summed E-state index contributed by atoms with van der Waals surface area (Å²) in [4.78, 5) is 13.0. The molecule has 0 radical (unpaired) electrons. The van der Waals surface area contributed by atoms with Crippen LogP contribution in [0.3, 0.4) is 0 Å². The van der Waals surface area contributed by atoms with Gasteiger partial charge in [0, 0.05) is 21.3 Å². The van der Waals surface area contributed by atoms with Gasteiger partial charge >= 0.3 is 0 Å². The van der Waals surface area contributed by atoms with E-state index in [2.05, 4.69) is 31.9 Å². The average Bonchev–Trinajstić information content (AvgIpc) is 2.68. The van der Waals surface area contributed by atoms with Gasteiger partial charge in [-0.05, 0) is 56.1 Å². The summed E-state index contributed by atoms with van der Waals surface area (Å²) in [6.45, 7) is 0. The largest absolute Gasteiger partial charge is 0.294 e. The minimum absolute atomic E-state index is 0.0775. The molecule has 0 aliphatic heterocycles. The number of ketones is 1. The molecule has 0 saturated heterocycles. The van der Waals surface area contributed by atoms with E-state index in [1.54, 1.807) is 29.5 Å². The fourth-order valence-electron chi connectivity index (χ4n) is 1.38. The molecule has 5 heteroatoms. The van der Waals surface area contributed by atoms with Crippen molar-refractivity contribution in [3.63, 3.8) is 0 Å². The van der Waals surface area contributed by atoms with Crippen molar-refractivity contribution in [1.29, 1.82) is 0 Å². The van der Waals surface area contributed by atoms with Crippen LogP contribution in [0.4, 0.5) is 0 Å². The number of Topliss-reactive ketones (excluding diaryl/α,β-unsaturated/α-hetero) is 1. The van der Waals surface area contributed by atoms with Crippen molar-refractivity contribution in [3.05, 3.63) is 54.1 Å². The molecule has 0 aliphatic carbocycles. The Morgan fingerprint density at radius 1 is 1.24 bits per heavy atom. The highest BCUT2D eigenvalue weighted by molar-refractivity contribution is 9.11. The summed E-state index contributed by atoms with van der Waals surface area (Å²) >= 11 is 14.2. The van der Waals surface area contributed by atoms with Crippen LogP contribution in [-0.4, -0.2) is 5.78 Å². The molecule has 0 amide bonds. The number of hydrogen-bond donors (Lipinski definition) is 0. The number of benzene rings is 1. The van der Waals surface area contributed by atoms with Crippen LogP contribution in [0.1, 0.15) is 15.2 Å². The van der Waals surface area contributed by atoms with Crippen LogP contribution < -0.4 is 0 Å². The Bertz CT molecular complexity index is 565. The van der Waals surface area contributed by atoms with E-state index in [0.29, 0.717) is 17.0 Å². The van der Waals surface area contributed by atoms with Gasteiger partial charge in [0.15, 0.2) is 5.78 Å². The van der Waals surface area contributed by atoms with Gasteiger partial charge in [-0.3, -0.25) is 4.79 Å². The lowest BCUT2D eigenvalue weighted by atomic mass is 10.1. The summed E-state index contributed by atoms with van der Waals surface area (Å²) in [7, 11) is 0. The van der Waals surface area contributed by atoms with Gasteiger partial charge in [-0.1, -0.05) is 17.7 Å². The van der Waals surface area contributed by atoms with Crippen LogP contribution in [0.15, 0.2) is 38.6 Å².